The maximum absolute atomic E-state index is 13.2. The van der Waals surface area contributed by atoms with E-state index in [4.69, 9.17) is 9.90 Å². The molecule has 0 amide bonds. The number of sulfonamides is 1. The summed E-state index contributed by atoms with van der Waals surface area (Å²) >= 11 is 0. The Morgan fingerprint density at radius 2 is 1.69 bits per heavy atom. The van der Waals surface area contributed by atoms with E-state index in [1.165, 1.54) is 24.4 Å². The first-order chi connectivity index (χ1) is 14.7. The summed E-state index contributed by atoms with van der Waals surface area (Å²) in [7, 11) is -4.06. The lowest BCUT2D eigenvalue weighted by atomic mass is 10.2. The average molecular weight is 481 g/mol. The summed E-state index contributed by atoms with van der Waals surface area (Å²) in [4.78, 5) is 26.0. The number of aromatic carboxylic acids is 1. The van der Waals surface area contributed by atoms with Crippen molar-refractivity contribution in [3.8, 4) is 0 Å². The number of carboxylic acids is 2. The lowest BCUT2D eigenvalue weighted by molar-refractivity contribution is -0.192. The van der Waals surface area contributed by atoms with Gasteiger partial charge in [0.25, 0.3) is 10.0 Å². The van der Waals surface area contributed by atoms with Crippen molar-refractivity contribution < 1.29 is 45.8 Å². The third-order valence-electron chi connectivity index (χ3n) is 3.76. The topological polar surface area (TPSA) is 137 Å². The highest BCUT2D eigenvalue weighted by Crippen LogP contribution is 2.23. The van der Waals surface area contributed by atoms with Crippen LogP contribution in [0.2, 0.25) is 0 Å². The lowest BCUT2D eigenvalue weighted by Gasteiger charge is -2.22. The van der Waals surface area contributed by atoms with Gasteiger partial charge in [0.05, 0.1) is 16.8 Å². The zero-order valence-corrected chi connectivity index (χ0v) is 17.5. The summed E-state index contributed by atoms with van der Waals surface area (Å²) < 4.78 is 71.8. The van der Waals surface area contributed by atoms with Crippen LogP contribution in [0.5, 0.6) is 0 Å². The molecular formula is C18H19F4N3O6S. The van der Waals surface area contributed by atoms with Gasteiger partial charge in [0, 0.05) is 13.1 Å². The number of nitrogens with zero attached hydrogens (tertiary/aromatic N) is 2. The summed E-state index contributed by atoms with van der Waals surface area (Å²) in [5, 5.41) is 16.5. The van der Waals surface area contributed by atoms with E-state index < -0.39 is 34.0 Å². The molecule has 0 aliphatic heterocycles. The molecule has 0 aliphatic rings. The largest absolute Gasteiger partial charge is 0.490 e. The Morgan fingerprint density at radius 3 is 2.12 bits per heavy atom. The summed E-state index contributed by atoms with van der Waals surface area (Å²) in [5.74, 6) is -4.41. The van der Waals surface area contributed by atoms with Crippen LogP contribution < -0.4 is 9.62 Å². The van der Waals surface area contributed by atoms with Crippen LogP contribution in [0.3, 0.4) is 0 Å². The quantitative estimate of drug-likeness (QED) is 0.513. The average Bonchev–Trinajstić information content (AvgIpc) is 2.69. The first-order valence-electron chi connectivity index (χ1n) is 8.79. The number of halogens is 4. The first-order valence-corrected chi connectivity index (χ1v) is 10.3. The minimum Gasteiger partial charge on any atom is -0.478 e. The van der Waals surface area contributed by atoms with E-state index >= 15 is 0 Å². The minimum absolute atomic E-state index is 0.0161. The Morgan fingerprint density at radius 1 is 1.12 bits per heavy atom. The van der Waals surface area contributed by atoms with Crippen LogP contribution in [0.4, 0.5) is 29.1 Å². The van der Waals surface area contributed by atoms with Crippen LogP contribution >= 0.6 is 0 Å². The van der Waals surface area contributed by atoms with E-state index in [-0.39, 0.29) is 22.0 Å². The molecule has 1 aromatic heterocycles. The number of hydrogen-bond donors (Lipinski definition) is 3. The SMILES string of the molecule is CCN(CC)c1ncc(NS(=O)(=O)c2cccc(F)c2)cc1C(=O)O.O=C(O)C(F)(F)F. The molecule has 176 valence electrons. The highest BCUT2D eigenvalue weighted by Gasteiger charge is 2.38. The highest BCUT2D eigenvalue weighted by atomic mass is 32.2. The van der Waals surface area contributed by atoms with Gasteiger partial charge in [-0.15, -0.1) is 0 Å². The van der Waals surface area contributed by atoms with Crippen molar-refractivity contribution in [3.05, 3.63) is 47.9 Å². The van der Waals surface area contributed by atoms with Crippen LogP contribution in [0.25, 0.3) is 0 Å². The molecule has 0 saturated carbocycles. The zero-order valence-electron chi connectivity index (χ0n) is 16.7. The number of carboxylic acid groups (broad SMARTS) is 2. The molecule has 0 bridgehead atoms. The Bertz CT molecular complexity index is 1070. The number of carbonyl (C=O) groups is 2. The van der Waals surface area contributed by atoms with Gasteiger partial charge >= 0.3 is 18.1 Å². The van der Waals surface area contributed by atoms with Gasteiger partial charge < -0.3 is 15.1 Å². The number of rotatable bonds is 7. The predicted octanol–water partition coefficient (Wildman–Crippen LogP) is 3.20. The standard InChI is InChI=1S/C16H18FN3O4S.C2HF3O2/c1-3-20(4-2)15-14(16(21)22)9-12(10-18-15)19-25(23,24)13-7-5-6-11(17)8-13;3-2(4,5)1(6)7/h5-10,19H,3-4H2,1-2H3,(H,21,22);(H,6,7). The van der Waals surface area contributed by atoms with Crippen molar-refractivity contribution in [1.82, 2.24) is 4.98 Å². The van der Waals surface area contributed by atoms with Crippen molar-refractivity contribution in [2.24, 2.45) is 0 Å². The van der Waals surface area contributed by atoms with Crippen molar-refractivity contribution in [2.75, 3.05) is 22.7 Å². The minimum atomic E-state index is -5.08. The molecule has 0 spiro atoms. The molecule has 0 radical (unpaired) electrons. The fourth-order valence-corrected chi connectivity index (χ4v) is 3.36. The highest BCUT2D eigenvalue weighted by molar-refractivity contribution is 7.92. The molecule has 0 unspecified atom stereocenters. The van der Waals surface area contributed by atoms with Gasteiger partial charge in [0.2, 0.25) is 0 Å². The normalized spacial score (nSPS) is 11.2. The van der Waals surface area contributed by atoms with Crippen LogP contribution in [-0.4, -0.2) is 54.8 Å². The third-order valence-corrected chi connectivity index (χ3v) is 5.14. The van der Waals surface area contributed by atoms with Crippen molar-refractivity contribution in [3.63, 3.8) is 0 Å². The number of aliphatic carboxylic acids is 1. The first kappa shape index (κ1) is 26.6. The summed E-state index contributed by atoms with van der Waals surface area (Å²) in [6, 6.07) is 5.70. The van der Waals surface area contributed by atoms with Gasteiger partial charge in [-0.3, -0.25) is 4.72 Å². The smallest absolute Gasteiger partial charge is 0.478 e. The van der Waals surface area contributed by atoms with Crippen molar-refractivity contribution in [2.45, 2.75) is 24.9 Å². The number of hydrogen-bond acceptors (Lipinski definition) is 6. The monoisotopic (exact) mass is 481 g/mol. The molecule has 0 atom stereocenters. The molecule has 2 rings (SSSR count). The Balaban J connectivity index is 0.000000633. The number of benzene rings is 1. The van der Waals surface area contributed by atoms with Crippen LogP contribution in [0.15, 0.2) is 41.4 Å². The van der Waals surface area contributed by atoms with Crippen LogP contribution in [-0.2, 0) is 14.8 Å². The van der Waals surface area contributed by atoms with Gasteiger partial charge in [0.15, 0.2) is 0 Å². The predicted molar refractivity (Wildman–Crippen MR) is 106 cm³/mol. The molecule has 0 aliphatic carbocycles. The van der Waals surface area contributed by atoms with E-state index in [0.29, 0.717) is 13.1 Å². The summed E-state index contributed by atoms with van der Waals surface area (Å²) in [6.45, 7) is 4.82. The number of alkyl halides is 3. The van der Waals surface area contributed by atoms with Crippen molar-refractivity contribution >= 4 is 33.5 Å². The zero-order chi connectivity index (χ0) is 24.7. The molecule has 14 heteroatoms. The number of nitrogens with one attached hydrogen (secondary N) is 1. The van der Waals surface area contributed by atoms with E-state index in [2.05, 4.69) is 9.71 Å². The molecular weight excluding hydrogens is 462 g/mol. The second-order valence-corrected chi connectivity index (χ2v) is 7.62. The maximum atomic E-state index is 13.2. The number of pyridine rings is 1. The Hall–Kier alpha value is -3.42. The molecule has 0 fully saturated rings. The van der Waals surface area contributed by atoms with Gasteiger partial charge in [-0.25, -0.2) is 27.4 Å². The van der Waals surface area contributed by atoms with Crippen LogP contribution in [0, 0.1) is 5.82 Å². The lowest BCUT2D eigenvalue weighted by Crippen LogP contribution is -2.25. The Labute approximate surface area is 180 Å². The van der Waals surface area contributed by atoms with Gasteiger partial charge in [-0.2, -0.15) is 13.2 Å². The second-order valence-electron chi connectivity index (χ2n) is 5.94. The van der Waals surface area contributed by atoms with Gasteiger partial charge in [-0.05, 0) is 38.1 Å². The fourth-order valence-electron chi connectivity index (χ4n) is 2.29. The van der Waals surface area contributed by atoms with E-state index in [1.807, 2.05) is 13.8 Å². The van der Waals surface area contributed by atoms with E-state index in [1.54, 1.807) is 4.90 Å². The second kappa shape index (κ2) is 10.7. The molecule has 2 aromatic rings. The summed E-state index contributed by atoms with van der Waals surface area (Å²) in [6.07, 6.45) is -3.85. The molecule has 1 heterocycles. The number of anilines is 2. The molecule has 1 aromatic carbocycles. The maximum Gasteiger partial charge on any atom is 0.490 e. The van der Waals surface area contributed by atoms with Gasteiger partial charge in [0.1, 0.15) is 17.2 Å². The van der Waals surface area contributed by atoms with E-state index in [9.17, 15) is 35.9 Å². The fraction of sp³-hybridized carbons (Fsp3) is 0.278. The summed E-state index contributed by atoms with van der Waals surface area (Å²) in [5.41, 5.74) is -0.138. The Kier molecular flexibility index (Phi) is 8.94. The molecule has 0 saturated heterocycles. The molecule has 32 heavy (non-hydrogen) atoms. The van der Waals surface area contributed by atoms with E-state index in [0.717, 1.165) is 12.1 Å². The van der Waals surface area contributed by atoms with Gasteiger partial charge in [-0.1, -0.05) is 6.07 Å². The third kappa shape index (κ3) is 7.37. The van der Waals surface area contributed by atoms with Crippen LogP contribution in [0.1, 0.15) is 24.2 Å². The molecule has 3 N–H and O–H groups in total. The number of aromatic nitrogens is 1. The van der Waals surface area contributed by atoms with Crippen molar-refractivity contribution in [1.29, 1.82) is 0 Å². The molecule has 9 nitrogen and oxygen atoms in total.